The highest BCUT2D eigenvalue weighted by Crippen LogP contribution is 2.48. The summed E-state index contributed by atoms with van der Waals surface area (Å²) in [4.78, 5) is 19.8. The SMILES string of the molecule is CCC(C)N1CC2(CCCC2)SC1=NC(=O)c1ccc2oc(C)cc2c1. The standard InChI is InChI=1S/C21H26N2O2S/c1-4-14(2)23-13-21(9-5-6-10-21)26-20(23)22-19(24)16-7-8-18-17(12-16)11-15(3)25-18/h7-8,11-12,14H,4-6,9-10,13H2,1-3H3. The molecule has 1 aliphatic carbocycles. The molecule has 1 spiro atoms. The number of amides is 1. The lowest BCUT2D eigenvalue weighted by atomic mass is 10.1. The van der Waals surface area contributed by atoms with Crippen LogP contribution in [0.25, 0.3) is 11.0 Å². The average Bonchev–Trinajstić information content (AvgIpc) is 3.32. The second kappa shape index (κ2) is 6.76. The predicted molar refractivity (Wildman–Crippen MR) is 108 cm³/mol. The van der Waals surface area contributed by atoms with Gasteiger partial charge < -0.3 is 9.32 Å². The van der Waals surface area contributed by atoms with Crippen LogP contribution in [0, 0.1) is 6.92 Å². The van der Waals surface area contributed by atoms with E-state index in [1.807, 2.05) is 43.0 Å². The molecule has 26 heavy (non-hydrogen) atoms. The zero-order valence-electron chi connectivity index (χ0n) is 15.7. The van der Waals surface area contributed by atoms with E-state index < -0.39 is 0 Å². The van der Waals surface area contributed by atoms with Crippen LogP contribution in [-0.2, 0) is 0 Å². The third-order valence-corrected chi connectivity index (χ3v) is 7.21. The zero-order valence-corrected chi connectivity index (χ0v) is 16.6. The van der Waals surface area contributed by atoms with E-state index in [2.05, 4.69) is 23.7 Å². The predicted octanol–water partition coefficient (Wildman–Crippen LogP) is 5.40. The Morgan fingerprint density at radius 3 is 2.85 bits per heavy atom. The number of nitrogens with zero attached hydrogens (tertiary/aromatic N) is 2. The highest BCUT2D eigenvalue weighted by atomic mass is 32.2. The minimum absolute atomic E-state index is 0.156. The summed E-state index contributed by atoms with van der Waals surface area (Å²) in [6.45, 7) is 7.37. The van der Waals surface area contributed by atoms with E-state index in [-0.39, 0.29) is 10.7 Å². The van der Waals surface area contributed by atoms with Crippen molar-refractivity contribution in [1.29, 1.82) is 0 Å². The number of fused-ring (bicyclic) bond motifs is 1. The van der Waals surface area contributed by atoms with Crippen molar-refractivity contribution < 1.29 is 9.21 Å². The van der Waals surface area contributed by atoms with Gasteiger partial charge in [-0.1, -0.05) is 31.5 Å². The monoisotopic (exact) mass is 370 g/mol. The van der Waals surface area contributed by atoms with E-state index in [4.69, 9.17) is 4.42 Å². The van der Waals surface area contributed by atoms with Crippen LogP contribution in [0.4, 0.5) is 0 Å². The van der Waals surface area contributed by atoms with E-state index in [0.717, 1.165) is 34.9 Å². The molecule has 5 heteroatoms. The van der Waals surface area contributed by atoms with Crippen LogP contribution < -0.4 is 0 Å². The van der Waals surface area contributed by atoms with Gasteiger partial charge in [-0.15, -0.1) is 0 Å². The van der Waals surface area contributed by atoms with Gasteiger partial charge in [0.2, 0.25) is 0 Å². The number of furan rings is 1. The van der Waals surface area contributed by atoms with Crippen molar-refractivity contribution in [2.45, 2.75) is 63.7 Å². The number of thioether (sulfide) groups is 1. The minimum atomic E-state index is -0.156. The van der Waals surface area contributed by atoms with E-state index >= 15 is 0 Å². The molecule has 1 aliphatic heterocycles. The Morgan fingerprint density at radius 2 is 2.12 bits per heavy atom. The molecule has 1 aromatic carbocycles. The van der Waals surface area contributed by atoms with Gasteiger partial charge in [-0.2, -0.15) is 4.99 Å². The summed E-state index contributed by atoms with van der Waals surface area (Å²) in [7, 11) is 0. The molecule has 1 aromatic heterocycles. The molecule has 2 aliphatic rings. The van der Waals surface area contributed by atoms with Gasteiger partial charge in [0.05, 0.1) is 0 Å². The normalized spacial score (nSPS) is 22.0. The van der Waals surface area contributed by atoms with Crippen LogP contribution in [-0.4, -0.2) is 33.3 Å². The van der Waals surface area contributed by atoms with Crippen LogP contribution in [0.15, 0.2) is 33.7 Å². The van der Waals surface area contributed by atoms with E-state index in [0.29, 0.717) is 11.6 Å². The molecule has 0 N–H and O–H groups in total. The molecule has 1 amide bonds. The third kappa shape index (κ3) is 3.18. The Kier molecular flexibility index (Phi) is 4.59. The van der Waals surface area contributed by atoms with Crippen LogP contribution >= 0.6 is 11.8 Å². The maximum Gasteiger partial charge on any atom is 0.279 e. The van der Waals surface area contributed by atoms with E-state index in [1.165, 1.54) is 25.7 Å². The number of benzene rings is 1. The fourth-order valence-electron chi connectivity index (χ4n) is 4.05. The number of hydrogen-bond acceptors (Lipinski definition) is 3. The summed E-state index contributed by atoms with van der Waals surface area (Å²) in [5.41, 5.74) is 1.44. The summed E-state index contributed by atoms with van der Waals surface area (Å²) in [5.74, 6) is 0.699. The first-order valence-corrected chi connectivity index (χ1v) is 10.4. The summed E-state index contributed by atoms with van der Waals surface area (Å²) in [6.07, 6.45) is 6.11. The molecule has 0 bridgehead atoms. The summed E-state index contributed by atoms with van der Waals surface area (Å²) < 4.78 is 5.87. The lowest BCUT2D eigenvalue weighted by molar-refractivity contribution is 0.100. The first kappa shape index (κ1) is 17.7. The molecule has 4 rings (SSSR count). The second-order valence-electron chi connectivity index (χ2n) is 7.69. The van der Waals surface area contributed by atoms with Gasteiger partial charge in [0, 0.05) is 28.3 Å². The number of hydrogen-bond donors (Lipinski definition) is 0. The van der Waals surface area contributed by atoms with Crippen LogP contribution in [0.5, 0.6) is 0 Å². The van der Waals surface area contributed by atoms with Crippen molar-refractivity contribution >= 4 is 33.8 Å². The van der Waals surface area contributed by atoms with Crippen molar-refractivity contribution in [3.05, 3.63) is 35.6 Å². The average molecular weight is 371 g/mol. The molecule has 2 fully saturated rings. The molecule has 1 saturated heterocycles. The first-order chi connectivity index (χ1) is 12.5. The summed E-state index contributed by atoms with van der Waals surface area (Å²) in [5, 5.41) is 1.87. The highest BCUT2D eigenvalue weighted by Gasteiger charge is 2.45. The maximum absolute atomic E-state index is 12.9. The Balaban J connectivity index is 1.63. The number of aryl methyl sites for hydroxylation is 1. The largest absolute Gasteiger partial charge is 0.461 e. The Morgan fingerprint density at radius 1 is 1.35 bits per heavy atom. The number of aliphatic imine (C=N–C) groups is 1. The molecule has 1 saturated carbocycles. The molecule has 138 valence electrons. The second-order valence-corrected chi connectivity index (χ2v) is 9.12. The van der Waals surface area contributed by atoms with Crippen molar-refractivity contribution in [2.24, 2.45) is 4.99 Å². The van der Waals surface area contributed by atoms with Gasteiger partial charge in [0.15, 0.2) is 5.17 Å². The number of amidine groups is 1. The van der Waals surface area contributed by atoms with E-state index in [1.54, 1.807) is 0 Å². The van der Waals surface area contributed by atoms with Crippen LogP contribution in [0.2, 0.25) is 0 Å². The first-order valence-electron chi connectivity index (χ1n) is 9.58. The number of carbonyl (C=O) groups excluding carboxylic acids is 1. The van der Waals surface area contributed by atoms with Gasteiger partial charge >= 0.3 is 0 Å². The van der Waals surface area contributed by atoms with Gasteiger partial charge in [0.1, 0.15) is 11.3 Å². The topological polar surface area (TPSA) is 45.8 Å². The van der Waals surface area contributed by atoms with Crippen molar-refractivity contribution in [3.63, 3.8) is 0 Å². The fraction of sp³-hybridized carbons (Fsp3) is 0.524. The lowest BCUT2D eigenvalue weighted by Gasteiger charge is -2.27. The van der Waals surface area contributed by atoms with Gasteiger partial charge in [-0.25, -0.2) is 0 Å². The Labute approximate surface area is 159 Å². The molecule has 1 unspecified atom stereocenters. The van der Waals surface area contributed by atoms with E-state index in [9.17, 15) is 4.79 Å². The van der Waals surface area contributed by atoms with Crippen LogP contribution in [0.1, 0.15) is 62.1 Å². The van der Waals surface area contributed by atoms with Crippen molar-refractivity contribution in [1.82, 2.24) is 4.90 Å². The Hall–Kier alpha value is -1.75. The van der Waals surface area contributed by atoms with Gasteiger partial charge in [-0.05, 0) is 57.4 Å². The third-order valence-electron chi connectivity index (χ3n) is 5.73. The number of carbonyl (C=O) groups is 1. The van der Waals surface area contributed by atoms with Crippen molar-refractivity contribution in [2.75, 3.05) is 6.54 Å². The quantitative estimate of drug-likeness (QED) is 0.726. The smallest absolute Gasteiger partial charge is 0.279 e. The Bertz CT molecular complexity index is 864. The zero-order chi connectivity index (χ0) is 18.3. The van der Waals surface area contributed by atoms with Crippen molar-refractivity contribution in [3.8, 4) is 0 Å². The summed E-state index contributed by atoms with van der Waals surface area (Å²) >= 11 is 1.84. The van der Waals surface area contributed by atoms with Gasteiger partial charge in [-0.3, -0.25) is 4.79 Å². The lowest BCUT2D eigenvalue weighted by Crippen LogP contribution is -2.37. The molecule has 2 heterocycles. The van der Waals surface area contributed by atoms with Crippen LogP contribution in [0.3, 0.4) is 0 Å². The van der Waals surface area contributed by atoms with Gasteiger partial charge in [0.25, 0.3) is 5.91 Å². The molecular formula is C21H26N2O2S. The molecule has 4 nitrogen and oxygen atoms in total. The molecule has 0 radical (unpaired) electrons. The minimum Gasteiger partial charge on any atom is -0.461 e. The summed E-state index contributed by atoms with van der Waals surface area (Å²) in [6, 6.07) is 7.94. The number of rotatable bonds is 3. The molecule has 2 aromatic rings. The highest BCUT2D eigenvalue weighted by molar-refractivity contribution is 8.15. The molecular weight excluding hydrogens is 344 g/mol. The maximum atomic E-state index is 12.9. The molecule has 1 atom stereocenters. The fourth-order valence-corrected chi connectivity index (χ4v) is 5.63.